The number of anilines is 1. The van der Waals surface area contributed by atoms with Crippen molar-refractivity contribution in [1.82, 2.24) is 5.32 Å². The number of carbonyl (C=O) groups excluding carboxylic acids is 1. The average molecular weight is 435 g/mol. The number of hydrogen-bond acceptors (Lipinski definition) is 6. The summed E-state index contributed by atoms with van der Waals surface area (Å²) in [6, 6.07) is 11.4. The maximum atomic E-state index is 12.6. The smallest absolute Gasteiger partial charge is 0.243 e. The number of rotatable bonds is 8. The SMILES string of the molecule is Cc1ccccc1OCCNC(=O)C(C)N(c1ccc2c(c1)OCCO2)S(C)(=O)=O. The Morgan fingerprint density at radius 3 is 2.57 bits per heavy atom. The van der Waals surface area contributed by atoms with E-state index in [1.165, 1.54) is 6.92 Å². The topological polar surface area (TPSA) is 94.2 Å². The molecule has 0 saturated carbocycles. The fourth-order valence-corrected chi connectivity index (χ4v) is 4.35. The van der Waals surface area contributed by atoms with E-state index >= 15 is 0 Å². The Labute approximate surface area is 176 Å². The van der Waals surface area contributed by atoms with Gasteiger partial charge in [0.25, 0.3) is 0 Å². The van der Waals surface area contributed by atoms with Gasteiger partial charge in [-0.3, -0.25) is 9.10 Å². The number of sulfonamides is 1. The molecule has 0 spiro atoms. The molecule has 0 fully saturated rings. The second-order valence-electron chi connectivity index (χ2n) is 6.97. The van der Waals surface area contributed by atoms with Crippen molar-refractivity contribution in [3.63, 3.8) is 0 Å². The summed E-state index contributed by atoms with van der Waals surface area (Å²) in [5.41, 5.74) is 1.33. The number of benzene rings is 2. The second-order valence-corrected chi connectivity index (χ2v) is 8.83. The highest BCUT2D eigenvalue weighted by Crippen LogP contribution is 2.35. The first kappa shape index (κ1) is 21.8. The van der Waals surface area contributed by atoms with Gasteiger partial charge in [0, 0.05) is 6.07 Å². The number of para-hydroxylation sites is 1. The van der Waals surface area contributed by atoms with Gasteiger partial charge in [-0.25, -0.2) is 8.42 Å². The highest BCUT2D eigenvalue weighted by Gasteiger charge is 2.30. The minimum atomic E-state index is -3.72. The molecule has 1 aliphatic rings. The van der Waals surface area contributed by atoms with Crippen molar-refractivity contribution in [3.05, 3.63) is 48.0 Å². The molecule has 0 saturated heterocycles. The molecule has 0 radical (unpaired) electrons. The van der Waals surface area contributed by atoms with Crippen LogP contribution in [0.4, 0.5) is 5.69 Å². The van der Waals surface area contributed by atoms with Crippen LogP contribution in [-0.2, 0) is 14.8 Å². The molecule has 30 heavy (non-hydrogen) atoms. The first-order chi connectivity index (χ1) is 14.3. The van der Waals surface area contributed by atoms with Crippen molar-refractivity contribution in [2.45, 2.75) is 19.9 Å². The van der Waals surface area contributed by atoms with Crippen LogP contribution in [0.5, 0.6) is 17.2 Å². The number of fused-ring (bicyclic) bond motifs is 1. The van der Waals surface area contributed by atoms with Gasteiger partial charge in [-0.05, 0) is 37.6 Å². The highest BCUT2D eigenvalue weighted by atomic mass is 32.2. The lowest BCUT2D eigenvalue weighted by molar-refractivity contribution is -0.121. The first-order valence-electron chi connectivity index (χ1n) is 9.62. The molecule has 0 aliphatic carbocycles. The zero-order valence-electron chi connectivity index (χ0n) is 17.3. The van der Waals surface area contributed by atoms with Crippen molar-refractivity contribution in [3.8, 4) is 17.2 Å². The van der Waals surface area contributed by atoms with E-state index in [4.69, 9.17) is 14.2 Å². The summed E-state index contributed by atoms with van der Waals surface area (Å²) in [6.07, 6.45) is 1.06. The molecular weight excluding hydrogens is 408 g/mol. The fraction of sp³-hybridized carbons (Fsp3) is 0.381. The van der Waals surface area contributed by atoms with Gasteiger partial charge < -0.3 is 19.5 Å². The summed E-state index contributed by atoms with van der Waals surface area (Å²) in [5, 5.41) is 2.73. The van der Waals surface area contributed by atoms with Crippen molar-refractivity contribution in [2.24, 2.45) is 0 Å². The van der Waals surface area contributed by atoms with Gasteiger partial charge >= 0.3 is 0 Å². The largest absolute Gasteiger partial charge is 0.491 e. The second kappa shape index (κ2) is 9.25. The Bertz CT molecular complexity index is 1010. The maximum absolute atomic E-state index is 12.6. The zero-order valence-corrected chi connectivity index (χ0v) is 18.1. The zero-order chi connectivity index (χ0) is 21.7. The van der Waals surface area contributed by atoms with E-state index in [2.05, 4.69) is 5.32 Å². The minimum Gasteiger partial charge on any atom is -0.491 e. The molecule has 1 heterocycles. The number of hydrogen-bond donors (Lipinski definition) is 1. The van der Waals surface area contributed by atoms with Crippen LogP contribution >= 0.6 is 0 Å². The molecule has 1 atom stereocenters. The van der Waals surface area contributed by atoms with Gasteiger partial charge in [0.2, 0.25) is 15.9 Å². The van der Waals surface area contributed by atoms with E-state index < -0.39 is 22.0 Å². The van der Waals surface area contributed by atoms with E-state index in [0.717, 1.165) is 21.9 Å². The minimum absolute atomic E-state index is 0.246. The van der Waals surface area contributed by atoms with Gasteiger partial charge in [0.05, 0.1) is 18.5 Å². The Balaban J connectivity index is 1.66. The quantitative estimate of drug-likeness (QED) is 0.640. The lowest BCUT2D eigenvalue weighted by Crippen LogP contribution is -2.48. The number of carbonyl (C=O) groups is 1. The lowest BCUT2D eigenvalue weighted by Gasteiger charge is -2.29. The molecule has 1 unspecified atom stereocenters. The summed E-state index contributed by atoms with van der Waals surface area (Å²) >= 11 is 0. The third-order valence-electron chi connectivity index (χ3n) is 4.62. The van der Waals surface area contributed by atoms with Crippen LogP contribution in [0.25, 0.3) is 0 Å². The Hall–Kier alpha value is -2.94. The molecule has 9 heteroatoms. The molecule has 1 aliphatic heterocycles. The van der Waals surface area contributed by atoms with E-state index in [1.54, 1.807) is 18.2 Å². The summed E-state index contributed by atoms with van der Waals surface area (Å²) in [7, 11) is -3.72. The fourth-order valence-electron chi connectivity index (χ4n) is 3.18. The highest BCUT2D eigenvalue weighted by molar-refractivity contribution is 7.92. The van der Waals surface area contributed by atoms with Crippen LogP contribution in [0.1, 0.15) is 12.5 Å². The van der Waals surface area contributed by atoms with Crippen LogP contribution in [0, 0.1) is 6.92 Å². The maximum Gasteiger partial charge on any atom is 0.243 e. The van der Waals surface area contributed by atoms with E-state index in [9.17, 15) is 13.2 Å². The molecule has 3 rings (SSSR count). The van der Waals surface area contributed by atoms with Crippen LogP contribution in [0.15, 0.2) is 42.5 Å². The van der Waals surface area contributed by atoms with E-state index in [1.807, 2.05) is 31.2 Å². The van der Waals surface area contributed by atoms with E-state index in [-0.39, 0.29) is 13.2 Å². The van der Waals surface area contributed by atoms with Gasteiger partial charge in [-0.2, -0.15) is 0 Å². The normalized spacial score (nSPS) is 14.0. The van der Waals surface area contributed by atoms with Crippen LogP contribution < -0.4 is 23.8 Å². The van der Waals surface area contributed by atoms with Gasteiger partial charge in [0.15, 0.2) is 11.5 Å². The molecule has 2 aromatic rings. The third-order valence-corrected chi connectivity index (χ3v) is 5.86. The Kier molecular flexibility index (Phi) is 6.71. The lowest BCUT2D eigenvalue weighted by atomic mass is 10.2. The number of nitrogens with one attached hydrogen (secondary N) is 1. The van der Waals surface area contributed by atoms with Crippen molar-refractivity contribution < 1.29 is 27.4 Å². The van der Waals surface area contributed by atoms with Crippen LogP contribution in [0.2, 0.25) is 0 Å². The predicted octanol–water partition coefficient (Wildman–Crippen LogP) is 2.12. The van der Waals surface area contributed by atoms with Crippen molar-refractivity contribution in [2.75, 3.05) is 36.9 Å². The molecule has 2 aromatic carbocycles. The summed E-state index contributed by atoms with van der Waals surface area (Å²) in [5.74, 6) is 1.31. The van der Waals surface area contributed by atoms with Gasteiger partial charge in [0.1, 0.15) is 31.6 Å². The molecule has 0 bridgehead atoms. The number of nitrogens with zero attached hydrogens (tertiary/aromatic N) is 1. The Morgan fingerprint density at radius 2 is 1.87 bits per heavy atom. The average Bonchev–Trinajstić information content (AvgIpc) is 2.71. The number of ether oxygens (including phenoxy) is 3. The first-order valence-corrected chi connectivity index (χ1v) is 11.5. The molecular formula is C21H26N2O6S. The summed E-state index contributed by atoms with van der Waals surface area (Å²) in [6.45, 7) is 4.81. The van der Waals surface area contributed by atoms with E-state index in [0.29, 0.717) is 30.4 Å². The van der Waals surface area contributed by atoms with Gasteiger partial charge in [-0.1, -0.05) is 18.2 Å². The van der Waals surface area contributed by atoms with Crippen molar-refractivity contribution in [1.29, 1.82) is 0 Å². The Morgan fingerprint density at radius 1 is 1.17 bits per heavy atom. The molecule has 162 valence electrons. The monoisotopic (exact) mass is 434 g/mol. The predicted molar refractivity (Wildman–Crippen MR) is 114 cm³/mol. The molecule has 8 nitrogen and oxygen atoms in total. The number of aryl methyl sites for hydroxylation is 1. The van der Waals surface area contributed by atoms with Crippen LogP contribution in [0.3, 0.4) is 0 Å². The molecule has 1 N–H and O–H groups in total. The van der Waals surface area contributed by atoms with Crippen LogP contribution in [-0.4, -0.2) is 53.0 Å². The molecule has 1 amide bonds. The standard InChI is InChI=1S/C21H26N2O6S/c1-15-6-4-5-7-18(15)27-11-10-22-21(24)16(2)23(30(3,25)26)17-8-9-19-20(14-17)29-13-12-28-19/h4-9,14,16H,10-13H2,1-3H3,(H,22,24). The summed E-state index contributed by atoms with van der Waals surface area (Å²) < 4.78 is 42.6. The number of amides is 1. The van der Waals surface area contributed by atoms with Crippen molar-refractivity contribution >= 4 is 21.6 Å². The third kappa shape index (κ3) is 5.15. The van der Waals surface area contributed by atoms with Gasteiger partial charge in [-0.15, -0.1) is 0 Å². The summed E-state index contributed by atoms with van der Waals surface area (Å²) in [4.78, 5) is 12.6. The molecule has 0 aromatic heterocycles.